The Balaban J connectivity index is 1.52. The van der Waals surface area contributed by atoms with Crippen LogP contribution in [-0.2, 0) is 6.54 Å². The van der Waals surface area contributed by atoms with E-state index in [4.69, 9.17) is 4.99 Å². The first-order valence-electron chi connectivity index (χ1n) is 13.7. The Kier molecular flexibility index (Phi) is 13.9. The molecule has 1 atom stereocenters. The topological polar surface area (TPSA) is 32.6 Å². The van der Waals surface area contributed by atoms with E-state index in [9.17, 15) is 5.11 Å². The van der Waals surface area contributed by atoms with Gasteiger partial charge in [-0.25, -0.2) is 4.99 Å². The van der Waals surface area contributed by atoms with Crippen molar-refractivity contribution in [1.82, 2.24) is 0 Å². The number of aliphatic imine (C=N–C) groups is 1. The molecule has 0 aromatic heterocycles. The van der Waals surface area contributed by atoms with E-state index in [1.54, 1.807) is 0 Å². The van der Waals surface area contributed by atoms with Crippen LogP contribution in [0.25, 0.3) is 0 Å². The van der Waals surface area contributed by atoms with Crippen LogP contribution in [-0.4, -0.2) is 41.7 Å². The zero-order valence-corrected chi connectivity index (χ0v) is 21.2. The average molecular weight is 444 g/mol. The van der Waals surface area contributed by atoms with E-state index >= 15 is 0 Å². The van der Waals surface area contributed by atoms with Crippen LogP contribution in [0.4, 0.5) is 0 Å². The second kappa shape index (κ2) is 16.4. The van der Waals surface area contributed by atoms with Crippen molar-refractivity contribution in [3.8, 4) is 0 Å². The maximum Gasteiger partial charge on any atom is 0.198 e. The van der Waals surface area contributed by atoms with Gasteiger partial charge in [-0.3, -0.25) is 4.48 Å². The van der Waals surface area contributed by atoms with Crippen molar-refractivity contribution in [2.45, 2.75) is 110 Å². The number of quaternary nitrogens is 1. The summed E-state index contributed by atoms with van der Waals surface area (Å²) in [6, 6.07) is 10.7. The quantitative estimate of drug-likeness (QED) is 0.174. The highest BCUT2D eigenvalue weighted by Crippen LogP contribution is 2.24. The van der Waals surface area contributed by atoms with Gasteiger partial charge in [0.05, 0.1) is 13.2 Å². The summed E-state index contributed by atoms with van der Waals surface area (Å²) < 4.78 is 0.873. The van der Waals surface area contributed by atoms with E-state index in [2.05, 4.69) is 44.2 Å². The smallest absolute Gasteiger partial charge is 0.198 e. The second-order valence-corrected chi connectivity index (χ2v) is 10.4. The summed E-state index contributed by atoms with van der Waals surface area (Å²) in [7, 11) is 0. The third-order valence-electron chi connectivity index (χ3n) is 7.16. The van der Waals surface area contributed by atoms with Crippen molar-refractivity contribution in [2.75, 3.05) is 26.2 Å². The number of aliphatic hydroxyl groups excluding tert-OH is 1. The predicted octanol–water partition coefficient (Wildman–Crippen LogP) is 7.53. The Morgan fingerprint density at radius 2 is 1.38 bits per heavy atom. The number of hydrogen-bond acceptors (Lipinski definition) is 2. The molecule has 1 aliphatic heterocycles. The van der Waals surface area contributed by atoms with Gasteiger partial charge in [-0.1, -0.05) is 121 Å². The van der Waals surface area contributed by atoms with Crippen molar-refractivity contribution in [2.24, 2.45) is 10.9 Å². The van der Waals surface area contributed by atoms with Crippen molar-refractivity contribution in [3.63, 3.8) is 0 Å². The first-order chi connectivity index (χ1) is 15.7. The maximum absolute atomic E-state index is 9.72. The molecular weight excluding hydrogens is 392 g/mol. The maximum atomic E-state index is 9.72. The van der Waals surface area contributed by atoms with Gasteiger partial charge in [-0.2, -0.15) is 0 Å². The molecule has 0 bridgehead atoms. The molecule has 1 aromatic carbocycles. The molecule has 0 spiro atoms. The second-order valence-electron chi connectivity index (χ2n) is 10.4. The van der Waals surface area contributed by atoms with E-state index in [1.807, 2.05) is 0 Å². The SMILES string of the molecule is CC(C)CCCCCCCCCCCCCCC1=NCC[N@+]1(CCO)Cc1ccccc1. The van der Waals surface area contributed by atoms with Crippen LogP contribution in [0.3, 0.4) is 0 Å². The molecule has 1 aromatic rings. The average Bonchev–Trinajstić information content (AvgIpc) is 3.16. The standard InChI is InChI=1S/C29H51N2O/c1-27(2)18-14-11-9-7-5-3-4-6-8-10-12-17-21-29-30-22-23-31(29,24-25-32)26-28-19-15-13-16-20-28/h13,15-16,19-20,27,32H,3-12,14,17-18,21-26H2,1-2H3/q+1/t31-/m0/s1. The van der Waals surface area contributed by atoms with E-state index in [1.165, 1.54) is 94.9 Å². The largest absolute Gasteiger partial charge is 0.390 e. The molecule has 0 saturated carbocycles. The lowest BCUT2D eigenvalue weighted by molar-refractivity contribution is -0.850. The lowest BCUT2D eigenvalue weighted by atomic mass is 10.0. The Morgan fingerprint density at radius 1 is 0.812 bits per heavy atom. The first kappa shape index (κ1) is 27.1. The number of nitrogens with zero attached hydrogens (tertiary/aromatic N) is 2. The van der Waals surface area contributed by atoms with Gasteiger partial charge >= 0.3 is 0 Å². The Morgan fingerprint density at radius 3 is 1.94 bits per heavy atom. The van der Waals surface area contributed by atoms with Gasteiger partial charge in [0.1, 0.15) is 19.6 Å². The summed E-state index contributed by atoms with van der Waals surface area (Å²) in [4.78, 5) is 4.88. The summed E-state index contributed by atoms with van der Waals surface area (Å²) in [5.74, 6) is 2.20. The molecule has 0 aliphatic carbocycles. The minimum atomic E-state index is 0.240. The summed E-state index contributed by atoms with van der Waals surface area (Å²) in [6.45, 7) is 8.63. The van der Waals surface area contributed by atoms with Gasteiger partial charge in [-0.05, 0) is 12.3 Å². The third kappa shape index (κ3) is 10.6. The molecule has 3 heteroatoms. The van der Waals surface area contributed by atoms with Crippen LogP contribution >= 0.6 is 0 Å². The molecular formula is C29H51N2O+. The number of hydrogen-bond donors (Lipinski definition) is 1. The number of benzene rings is 1. The highest BCUT2D eigenvalue weighted by atomic mass is 16.3. The summed E-state index contributed by atoms with van der Waals surface area (Å²) in [6.07, 6.45) is 19.3. The summed E-state index contributed by atoms with van der Waals surface area (Å²) in [5, 5.41) is 9.72. The van der Waals surface area contributed by atoms with Gasteiger partial charge in [0, 0.05) is 12.0 Å². The summed E-state index contributed by atoms with van der Waals surface area (Å²) >= 11 is 0. The van der Waals surface area contributed by atoms with Crippen molar-refractivity contribution in [1.29, 1.82) is 0 Å². The van der Waals surface area contributed by atoms with Gasteiger partial charge in [0.15, 0.2) is 5.84 Å². The minimum Gasteiger partial charge on any atom is -0.390 e. The molecule has 1 N–H and O–H groups in total. The van der Waals surface area contributed by atoms with Gasteiger partial charge < -0.3 is 5.11 Å². The highest BCUT2D eigenvalue weighted by molar-refractivity contribution is 5.76. The Hall–Kier alpha value is -1.19. The van der Waals surface area contributed by atoms with E-state index in [0.717, 1.165) is 43.0 Å². The lowest BCUT2D eigenvalue weighted by Gasteiger charge is -2.34. The van der Waals surface area contributed by atoms with E-state index in [-0.39, 0.29) is 6.61 Å². The fourth-order valence-corrected chi connectivity index (χ4v) is 5.18. The zero-order valence-electron chi connectivity index (χ0n) is 21.2. The van der Waals surface area contributed by atoms with Crippen molar-refractivity contribution in [3.05, 3.63) is 35.9 Å². The molecule has 0 unspecified atom stereocenters. The Bertz CT molecular complexity index is 613. The first-order valence-corrected chi connectivity index (χ1v) is 13.7. The van der Waals surface area contributed by atoms with Crippen LogP contribution in [0.5, 0.6) is 0 Å². The van der Waals surface area contributed by atoms with E-state index in [0.29, 0.717) is 0 Å². The van der Waals surface area contributed by atoms with Crippen LogP contribution in [0, 0.1) is 5.92 Å². The van der Waals surface area contributed by atoms with Gasteiger partial charge in [0.2, 0.25) is 0 Å². The predicted molar refractivity (Wildman–Crippen MR) is 139 cm³/mol. The molecule has 182 valence electrons. The molecule has 1 heterocycles. The van der Waals surface area contributed by atoms with Crippen LogP contribution in [0.1, 0.15) is 109 Å². The Labute approximate surface area is 198 Å². The van der Waals surface area contributed by atoms with Crippen LogP contribution in [0.15, 0.2) is 35.3 Å². The zero-order chi connectivity index (χ0) is 22.9. The van der Waals surface area contributed by atoms with Crippen molar-refractivity contribution >= 4 is 5.84 Å². The molecule has 1 aliphatic rings. The van der Waals surface area contributed by atoms with Crippen LogP contribution in [0.2, 0.25) is 0 Å². The highest BCUT2D eigenvalue weighted by Gasteiger charge is 2.37. The summed E-state index contributed by atoms with van der Waals surface area (Å²) in [5.41, 5.74) is 1.35. The van der Waals surface area contributed by atoms with Crippen molar-refractivity contribution < 1.29 is 9.59 Å². The van der Waals surface area contributed by atoms with Gasteiger partial charge in [-0.15, -0.1) is 0 Å². The molecule has 0 radical (unpaired) electrons. The van der Waals surface area contributed by atoms with Gasteiger partial charge in [0.25, 0.3) is 0 Å². The van der Waals surface area contributed by atoms with Crippen LogP contribution < -0.4 is 0 Å². The fraction of sp³-hybridized carbons (Fsp3) is 0.759. The monoisotopic (exact) mass is 443 g/mol. The molecule has 0 amide bonds. The normalized spacial score (nSPS) is 18.4. The molecule has 3 nitrogen and oxygen atoms in total. The van der Waals surface area contributed by atoms with E-state index < -0.39 is 0 Å². The molecule has 32 heavy (non-hydrogen) atoms. The fourth-order valence-electron chi connectivity index (χ4n) is 5.18. The molecule has 2 rings (SSSR count). The minimum absolute atomic E-state index is 0.240. The number of amidine groups is 1. The molecule has 0 saturated heterocycles. The number of rotatable bonds is 19. The lowest BCUT2D eigenvalue weighted by Crippen LogP contribution is -2.51. The molecule has 0 fully saturated rings. The number of aliphatic hydroxyl groups is 1. The number of unbranched alkanes of at least 4 members (excludes halogenated alkanes) is 11. The third-order valence-corrected chi connectivity index (χ3v) is 7.16.